The summed E-state index contributed by atoms with van der Waals surface area (Å²) < 4.78 is 4.82. The van der Waals surface area contributed by atoms with Crippen molar-refractivity contribution >= 4 is 17.5 Å². The van der Waals surface area contributed by atoms with Crippen LogP contribution >= 0.6 is 11.6 Å². The molecule has 1 aromatic rings. The Morgan fingerprint density at radius 3 is 2.75 bits per heavy atom. The maximum atomic E-state index is 11.5. The Bertz CT molecular complexity index is 325. The first kappa shape index (κ1) is 13.1. The molecule has 0 saturated carbocycles. The highest BCUT2D eigenvalue weighted by molar-refractivity contribution is 6.32. The van der Waals surface area contributed by atoms with Gasteiger partial charge in [-0.25, -0.2) is 0 Å². The van der Waals surface area contributed by atoms with Gasteiger partial charge in [-0.1, -0.05) is 12.8 Å². The molecule has 0 aliphatic rings. The van der Waals surface area contributed by atoms with Crippen LogP contribution < -0.4 is 5.32 Å². The number of furan rings is 1. The molecule has 1 heterocycles. The first-order valence-corrected chi connectivity index (χ1v) is 5.75. The fourth-order valence-corrected chi connectivity index (χ4v) is 1.54. The van der Waals surface area contributed by atoms with Crippen LogP contribution in [-0.4, -0.2) is 24.2 Å². The topological polar surface area (TPSA) is 62.5 Å². The van der Waals surface area contributed by atoms with Gasteiger partial charge in [-0.05, 0) is 30.5 Å². The highest BCUT2D eigenvalue weighted by atomic mass is 35.5. The van der Waals surface area contributed by atoms with Crippen molar-refractivity contribution in [1.29, 1.82) is 0 Å². The van der Waals surface area contributed by atoms with E-state index in [-0.39, 0.29) is 17.7 Å². The van der Waals surface area contributed by atoms with Gasteiger partial charge in [-0.2, -0.15) is 0 Å². The van der Waals surface area contributed by atoms with E-state index in [1.807, 2.05) is 0 Å². The van der Waals surface area contributed by atoms with E-state index in [0.717, 1.165) is 25.7 Å². The smallest absolute Gasteiger partial charge is 0.256 e. The van der Waals surface area contributed by atoms with Gasteiger partial charge in [-0.15, -0.1) is 0 Å². The average Bonchev–Trinajstić information content (AvgIpc) is 2.69. The van der Waals surface area contributed by atoms with Gasteiger partial charge in [0.05, 0.1) is 11.8 Å². The summed E-state index contributed by atoms with van der Waals surface area (Å²) in [5, 5.41) is 11.5. The van der Waals surface area contributed by atoms with Crippen LogP contribution in [0.1, 0.15) is 36.0 Å². The zero-order valence-corrected chi connectivity index (χ0v) is 9.79. The lowest BCUT2D eigenvalue weighted by Crippen LogP contribution is -2.24. The molecule has 2 N–H and O–H groups in total. The molecule has 5 heteroatoms. The van der Waals surface area contributed by atoms with Crippen molar-refractivity contribution in [1.82, 2.24) is 5.32 Å². The lowest BCUT2D eigenvalue weighted by Gasteiger charge is -2.03. The number of aliphatic hydroxyl groups is 1. The number of unbranched alkanes of at least 4 members (excludes halogenated alkanes) is 3. The SMILES string of the molecule is O=C(NCCCCCCO)c1ccoc1Cl. The molecule has 0 radical (unpaired) electrons. The number of rotatable bonds is 7. The maximum absolute atomic E-state index is 11.5. The second kappa shape index (κ2) is 7.30. The molecule has 0 aliphatic carbocycles. The minimum Gasteiger partial charge on any atom is -0.452 e. The predicted molar refractivity (Wildman–Crippen MR) is 61.6 cm³/mol. The van der Waals surface area contributed by atoms with Gasteiger partial charge >= 0.3 is 0 Å². The molecule has 0 unspecified atom stereocenters. The number of hydrogen-bond acceptors (Lipinski definition) is 3. The fraction of sp³-hybridized carbons (Fsp3) is 0.545. The van der Waals surface area contributed by atoms with Crippen molar-refractivity contribution in [3.05, 3.63) is 23.1 Å². The quantitative estimate of drug-likeness (QED) is 0.724. The molecule has 0 saturated heterocycles. The van der Waals surface area contributed by atoms with Gasteiger partial charge in [0.15, 0.2) is 0 Å². The number of hydrogen-bond donors (Lipinski definition) is 2. The highest BCUT2D eigenvalue weighted by Gasteiger charge is 2.11. The summed E-state index contributed by atoms with van der Waals surface area (Å²) in [6.45, 7) is 0.850. The molecule has 0 spiro atoms. The largest absolute Gasteiger partial charge is 0.452 e. The number of carbonyl (C=O) groups excluding carboxylic acids is 1. The van der Waals surface area contributed by atoms with Gasteiger partial charge in [0, 0.05) is 13.2 Å². The molecule has 1 rings (SSSR count). The van der Waals surface area contributed by atoms with Crippen molar-refractivity contribution in [2.24, 2.45) is 0 Å². The van der Waals surface area contributed by atoms with Gasteiger partial charge in [-0.3, -0.25) is 4.79 Å². The van der Waals surface area contributed by atoms with Crippen LogP contribution in [0.3, 0.4) is 0 Å². The minimum atomic E-state index is -0.207. The molecule has 0 atom stereocenters. The Kier molecular flexibility index (Phi) is 5.96. The lowest BCUT2D eigenvalue weighted by atomic mass is 10.2. The summed E-state index contributed by atoms with van der Waals surface area (Å²) in [5.74, 6) is -0.207. The average molecular weight is 246 g/mol. The summed E-state index contributed by atoms with van der Waals surface area (Å²) in [7, 11) is 0. The highest BCUT2D eigenvalue weighted by Crippen LogP contribution is 2.16. The van der Waals surface area contributed by atoms with Crippen LogP contribution in [0.5, 0.6) is 0 Å². The first-order valence-electron chi connectivity index (χ1n) is 5.37. The summed E-state index contributed by atoms with van der Waals surface area (Å²) in [5.41, 5.74) is 0.372. The van der Waals surface area contributed by atoms with Gasteiger partial charge < -0.3 is 14.8 Å². The molecular weight excluding hydrogens is 230 g/mol. The molecule has 1 amide bonds. The normalized spacial score (nSPS) is 10.4. The predicted octanol–water partition coefficient (Wildman–Crippen LogP) is 2.22. The second-order valence-electron chi connectivity index (χ2n) is 3.50. The zero-order valence-electron chi connectivity index (χ0n) is 9.04. The number of halogens is 1. The van der Waals surface area contributed by atoms with Crippen LogP contribution in [0.25, 0.3) is 0 Å². The molecule has 4 nitrogen and oxygen atoms in total. The first-order chi connectivity index (χ1) is 7.75. The number of aliphatic hydroxyl groups excluding tert-OH is 1. The Morgan fingerprint density at radius 1 is 1.38 bits per heavy atom. The van der Waals surface area contributed by atoms with E-state index in [9.17, 15) is 4.79 Å². The monoisotopic (exact) mass is 245 g/mol. The van der Waals surface area contributed by atoms with Crippen molar-refractivity contribution < 1.29 is 14.3 Å². The second-order valence-corrected chi connectivity index (χ2v) is 3.84. The van der Waals surface area contributed by atoms with Crippen molar-refractivity contribution in [2.75, 3.05) is 13.2 Å². The molecule has 0 aromatic carbocycles. The molecule has 1 aromatic heterocycles. The van der Waals surface area contributed by atoms with E-state index < -0.39 is 0 Å². The van der Waals surface area contributed by atoms with E-state index in [0.29, 0.717) is 12.1 Å². The summed E-state index contributed by atoms with van der Waals surface area (Å²) in [6, 6.07) is 1.55. The Balaban J connectivity index is 2.14. The third kappa shape index (κ3) is 4.24. The summed E-state index contributed by atoms with van der Waals surface area (Å²) >= 11 is 5.66. The van der Waals surface area contributed by atoms with Gasteiger partial charge in [0.2, 0.25) is 5.22 Å². The molecule has 0 aliphatic heterocycles. The maximum Gasteiger partial charge on any atom is 0.256 e. The van der Waals surface area contributed by atoms with Crippen LogP contribution in [0.2, 0.25) is 5.22 Å². The van der Waals surface area contributed by atoms with Crippen LogP contribution in [0.4, 0.5) is 0 Å². The third-order valence-corrected chi connectivity index (χ3v) is 2.53. The van der Waals surface area contributed by atoms with E-state index in [1.54, 1.807) is 6.07 Å². The van der Waals surface area contributed by atoms with Crippen molar-refractivity contribution in [2.45, 2.75) is 25.7 Å². The van der Waals surface area contributed by atoms with Crippen molar-refractivity contribution in [3.63, 3.8) is 0 Å². The van der Waals surface area contributed by atoms with Crippen molar-refractivity contribution in [3.8, 4) is 0 Å². The van der Waals surface area contributed by atoms with Gasteiger partial charge in [0.1, 0.15) is 0 Å². The summed E-state index contributed by atoms with van der Waals surface area (Å²) in [4.78, 5) is 11.5. The Morgan fingerprint density at radius 2 is 2.12 bits per heavy atom. The lowest BCUT2D eigenvalue weighted by molar-refractivity contribution is 0.0952. The van der Waals surface area contributed by atoms with E-state index in [2.05, 4.69) is 5.32 Å². The number of amides is 1. The van der Waals surface area contributed by atoms with Crippen LogP contribution in [-0.2, 0) is 0 Å². The fourth-order valence-electron chi connectivity index (χ4n) is 1.34. The molecule has 16 heavy (non-hydrogen) atoms. The third-order valence-electron chi connectivity index (χ3n) is 2.23. The molecule has 0 bridgehead atoms. The summed E-state index contributed by atoms with van der Waals surface area (Å²) in [6.07, 6.45) is 5.10. The van der Waals surface area contributed by atoms with Gasteiger partial charge in [0.25, 0.3) is 5.91 Å². The van der Waals surface area contributed by atoms with E-state index >= 15 is 0 Å². The van der Waals surface area contributed by atoms with Crippen LogP contribution in [0.15, 0.2) is 16.7 Å². The zero-order chi connectivity index (χ0) is 11.8. The molecular formula is C11H16ClNO3. The van der Waals surface area contributed by atoms with Crippen LogP contribution in [0, 0.1) is 0 Å². The van der Waals surface area contributed by atoms with E-state index in [4.69, 9.17) is 21.1 Å². The molecule has 0 fully saturated rings. The Labute approximate surface area is 99.6 Å². The molecule has 90 valence electrons. The number of carbonyl (C=O) groups is 1. The number of nitrogens with one attached hydrogen (secondary N) is 1. The Hall–Kier alpha value is -1.00. The standard InChI is InChI=1S/C11H16ClNO3/c12-10-9(5-8-16-10)11(15)13-6-3-1-2-4-7-14/h5,8,14H,1-4,6-7H2,(H,13,15). The van der Waals surface area contributed by atoms with E-state index in [1.165, 1.54) is 6.26 Å². The minimum absolute atomic E-state index is 0.123.